The minimum Gasteiger partial charge on any atom is -0.489 e. The van der Waals surface area contributed by atoms with E-state index in [2.05, 4.69) is 10.2 Å². The second-order valence-electron chi connectivity index (χ2n) is 9.19. The third kappa shape index (κ3) is 5.72. The summed E-state index contributed by atoms with van der Waals surface area (Å²) in [7, 11) is 0. The maximum atomic E-state index is 14.0. The first kappa shape index (κ1) is 24.7. The lowest BCUT2D eigenvalue weighted by Gasteiger charge is -2.34. The van der Waals surface area contributed by atoms with Crippen molar-refractivity contribution in [3.63, 3.8) is 0 Å². The Morgan fingerprint density at radius 3 is 2.56 bits per heavy atom. The first-order valence-electron chi connectivity index (χ1n) is 12.2. The summed E-state index contributed by atoms with van der Waals surface area (Å²) in [5.41, 5.74) is 1.08. The number of piperidine rings is 1. The number of nitrogens with zero attached hydrogens (tertiary/aromatic N) is 2. The third-order valence-electron chi connectivity index (χ3n) is 6.65. The molecular formula is C27H28ClF2N3O3. The quantitative estimate of drug-likeness (QED) is 0.502. The number of nitrogens with one attached hydrogen (secondary N) is 1. The van der Waals surface area contributed by atoms with Crippen molar-refractivity contribution in [1.29, 1.82) is 0 Å². The van der Waals surface area contributed by atoms with Crippen molar-refractivity contribution < 1.29 is 22.7 Å². The summed E-state index contributed by atoms with van der Waals surface area (Å²) >= 11 is 6.50. The molecule has 0 atom stereocenters. The summed E-state index contributed by atoms with van der Waals surface area (Å²) in [6.45, 7) is 5.11. The molecule has 2 aliphatic heterocycles. The molecule has 6 nitrogen and oxygen atoms in total. The highest BCUT2D eigenvalue weighted by Gasteiger charge is 2.25. The average molecular weight is 516 g/mol. The Bertz CT molecular complexity index is 1220. The SMILES string of the molecule is O=C(c1ccc(-c2cc(F)ccc2F)o1)N1CCN(Cc2ccc(OC3CCNCC3)c(Cl)c2)CC1. The van der Waals surface area contributed by atoms with Gasteiger partial charge in [-0.3, -0.25) is 9.69 Å². The fourth-order valence-electron chi connectivity index (χ4n) is 4.64. The zero-order chi connectivity index (χ0) is 25.1. The summed E-state index contributed by atoms with van der Waals surface area (Å²) in [5, 5.41) is 3.94. The highest BCUT2D eigenvalue weighted by molar-refractivity contribution is 6.32. The molecule has 2 saturated heterocycles. The smallest absolute Gasteiger partial charge is 0.289 e. The van der Waals surface area contributed by atoms with Crippen LogP contribution in [0.5, 0.6) is 5.75 Å². The lowest BCUT2D eigenvalue weighted by atomic mass is 10.1. The van der Waals surface area contributed by atoms with Crippen LogP contribution in [0.3, 0.4) is 0 Å². The second kappa shape index (κ2) is 11.0. The van der Waals surface area contributed by atoms with E-state index in [9.17, 15) is 13.6 Å². The Kier molecular flexibility index (Phi) is 7.55. The minimum atomic E-state index is -0.607. The number of benzene rings is 2. The van der Waals surface area contributed by atoms with Crippen molar-refractivity contribution in [2.24, 2.45) is 0 Å². The molecule has 2 aliphatic rings. The Morgan fingerprint density at radius 1 is 1.03 bits per heavy atom. The van der Waals surface area contributed by atoms with Crippen LogP contribution in [0, 0.1) is 11.6 Å². The third-order valence-corrected chi connectivity index (χ3v) is 6.95. The maximum Gasteiger partial charge on any atom is 0.289 e. The molecule has 3 aromatic rings. The van der Waals surface area contributed by atoms with Crippen LogP contribution in [-0.2, 0) is 6.54 Å². The van der Waals surface area contributed by atoms with E-state index in [1.54, 1.807) is 4.90 Å². The lowest BCUT2D eigenvalue weighted by Crippen LogP contribution is -2.48. The van der Waals surface area contributed by atoms with E-state index in [1.165, 1.54) is 12.1 Å². The van der Waals surface area contributed by atoms with Gasteiger partial charge in [0.05, 0.1) is 10.6 Å². The van der Waals surface area contributed by atoms with Crippen molar-refractivity contribution in [1.82, 2.24) is 15.1 Å². The van der Waals surface area contributed by atoms with Crippen LogP contribution in [0.4, 0.5) is 8.78 Å². The fraction of sp³-hybridized carbons (Fsp3) is 0.370. The molecule has 2 fully saturated rings. The summed E-state index contributed by atoms with van der Waals surface area (Å²) in [4.78, 5) is 16.9. The van der Waals surface area contributed by atoms with Gasteiger partial charge < -0.3 is 19.4 Å². The number of ether oxygens (including phenoxy) is 1. The van der Waals surface area contributed by atoms with Gasteiger partial charge in [-0.1, -0.05) is 17.7 Å². The Morgan fingerprint density at radius 2 is 1.81 bits per heavy atom. The molecule has 1 aromatic heterocycles. The molecule has 2 aromatic carbocycles. The minimum absolute atomic E-state index is 0.00954. The zero-order valence-electron chi connectivity index (χ0n) is 19.8. The van der Waals surface area contributed by atoms with Crippen LogP contribution in [0.2, 0.25) is 5.02 Å². The van der Waals surface area contributed by atoms with E-state index in [-0.39, 0.29) is 29.1 Å². The molecule has 5 rings (SSSR count). The molecule has 0 bridgehead atoms. The van der Waals surface area contributed by atoms with Crippen LogP contribution in [0.25, 0.3) is 11.3 Å². The molecule has 190 valence electrons. The molecule has 9 heteroatoms. The maximum absolute atomic E-state index is 14.0. The van der Waals surface area contributed by atoms with E-state index in [0.29, 0.717) is 31.2 Å². The van der Waals surface area contributed by atoms with Crippen molar-refractivity contribution in [2.45, 2.75) is 25.5 Å². The summed E-state index contributed by atoms with van der Waals surface area (Å²) in [6, 6.07) is 12.1. The second-order valence-corrected chi connectivity index (χ2v) is 9.60. The average Bonchev–Trinajstić information content (AvgIpc) is 3.38. The molecule has 0 aliphatic carbocycles. The first-order valence-corrected chi connectivity index (χ1v) is 12.6. The van der Waals surface area contributed by atoms with Crippen molar-refractivity contribution in [2.75, 3.05) is 39.3 Å². The van der Waals surface area contributed by atoms with Crippen LogP contribution in [0.15, 0.2) is 52.9 Å². The van der Waals surface area contributed by atoms with Crippen LogP contribution in [-0.4, -0.2) is 61.1 Å². The number of hydrogen-bond acceptors (Lipinski definition) is 5. The van der Waals surface area contributed by atoms with Gasteiger partial charge in [-0.15, -0.1) is 0 Å². The Hall–Kier alpha value is -2.94. The zero-order valence-corrected chi connectivity index (χ0v) is 20.6. The number of amides is 1. The van der Waals surface area contributed by atoms with Crippen LogP contribution in [0.1, 0.15) is 29.0 Å². The predicted molar refractivity (Wildman–Crippen MR) is 133 cm³/mol. The topological polar surface area (TPSA) is 58.0 Å². The number of furan rings is 1. The molecule has 1 N–H and O–H groups in total. The Labute approximate surface area is 213 Å². The predicted octanol–water partition coefficient (Wildman–Crippen LogP) is 4.97. The largest absolute Gasteiger partial charge is 0.489 e. The molecule has 3 heterocycles. The number of hydrogen-bond donors (Lipinski definition) is 1. The summed E-state index contributed by atoms with van der Waals surface area (Å²) in [5.74, 6) is -0.489. The van der Waals surface area contributed by atoms with Gasteiger partial charge in [0.2, 0.25) is 0 Å². The van der Waals surface area contributed by atoms with E-state index in [0.717, 1.165) is 62.0 Å². The van der Waals surface area contributed by atoms with E-state index >= 15 is 0 Å². The highest BCUT2D eigenvalue weighted by Crippen LogP contribution is 2.29. The van der Waals surface area contributed by atoms with Crippen molar-refractivity contribution in [3.8, 4) is 17.1 Å². The van der Waals surface area contributed by atoms with Gasteiger partial charge in [-0.2, -0.15) is 0 Å². The summed E-state index contributed by atoms with van der Waals surface area (Å²) in [6.07, 6.45) is 2.14. The standard InChI is InChI=1S/C27H28ClF2N3O3/c28-22-15-18(1-4-25(22)35-20-7-9-31-10-8-20)17-32-11-13-33(14-12-32)27(34)26-6-5-24(36-26)21-16-19(29)2-3-23(21)30/h1-6,15-16,20,31H,7-14,17H2. The van der Waals surface area contributed by atoms with Gasteiger partial charge >= 0.3 is 0 Å². The van der Waals surface area contributed by atoms with Gasteiger partial charge in [0.25, 0.3) is 5.91 Å². The molecule has 1 amide bonds. The van der Waals surface area contributed by atoms with Gasteiger partial charge in [-0.25, -0.2) is 8.78 Å². The Balaban J connectivity index is 1.15. The van der Waals surface area contributed by atoms with E-state index in [4.69, 9.17) is 20.8 Å². The van der Waals surface area contributed by atoms with Gasteiger partial charge in [-0.05, 0) is 74.0 Å². The first-order chi connectivity index (χ1) is 17.5. The van der Waals surface area contributed by atoms with Crippen LogP contribution < -0.4 is 10.1 Å². The number of rotatable bonds is 6. The number of piperazine rings is 1. The number of carbonyl (C=O) groups is 1. The molecule has 0 spiro atoms. The van der Waals surface area contributed by atoms with Crippen molar-refractivity contribution >= 4 is 17.5 Å². The van der Waals surface area contributed by atoms with E-state index < -0.39 is 11.6 Å². The molecule has 36 heavy (non-hydrogen) atoms. The molecular weight excluding hydrogens is 488 g/mol. The van der Waals surface area contributed by atoms with Gasteiger partial charge in [0, 0.05) is 32.7 Å². The fourth-order valence-corrected chi connectivity index (χ4v) is 4.89. The normalized spacial score (nSPS) is 17.4. The molecule has 0 unspecified atom stereocenters. The molecule has 0 radical (unpaired) electrons. The number of carbonyl (C=O) groups excluding carboxylic acids is 1. The monoisotopic (exact) mass is 515 g/mol. The van der Waals surface area contributed by atoms with Crippen LogP contribution >= 0.6 is 11.6 Å². The van der Waals surface area contributed by atoms with E-state index in [1.807, 2.05) is 18.2 Å². The van der Waals surface area contributed by atoms with Gasteiger partial charge in [0.1, 0.15) is 29.2 Å². The van der Waals surface area contributed by atoms with Crippen molar-refractivity contribution in [3.05, 3.63) is 76.5 Å². The molecule has 0 saturated carbocycles. The van der Waals surface area contributed by atoms with Gasteiger partial charge in [0.15, 0.2) is 5.76 Å². The number of halogens is 3. The highest BCUT2D eigenvalue weighted by atomic mass is 35.5. The summed E-state index contributed by atoms with van der Waals surface area (Å²) < 4.78 is 39.2. The lowest BCUT2D eigenvalue weighted by molar-refractivity contribution is 0.0598.